The van der Waals surface area contributed by atoms with E-state index in [4.69, 9.17) is 9.47 Å². The summed E-state index contributed by atoms with van der Waals surface area (Å²) in [6.07, 6.45) is 0.551. The van der Waals surface area contributed by atoms with E-state index in [1.54, 1.807) is 38.1 Å². The summed E-state index contributed by atoms with van der Waals surface area (Å²) in [6.45, 7) is 0. The molecule has 0 aliphatic heterocycles. The maximum Gasteiger partial charge on any atom is 0.271 e. The van der Waals surface area contributed by atoms with Crippen LogP contribution >= 0.6 is 0 Å². The van der Waals surface area contributed by atoms with Crippen LogP contribution in [-0.2, 0) is 6.42 Å². The third-order valence-corrected chi connectivity index (χ3v) is 4.73. The number of rotatable bonds is 4. The standard InChI is InChI=1S/C20H18FN3O3/c1-22-20(25)18-15-8-11-9-16(26-2)17(27-3)10-14(11)19(15)24(23-18)13-6-4-12(21)5-7-13/h4-7,9-10H,8H2,1-3H3,(H,22,25). The molecule has 1 aliphatic rings. The lowest BCUT2D eigenvalue weighted by atomic mass is 10.1. The zero-order valence-corrected chi connectivity index (χ0v) is 15.2. The molecule has 138 valence electrons. The molecule has 6 nitrogen and oxygen atoms in total. The molecule has 0 unspecified atom stereocenters. The lowest BCUT2D eigenvalue weighted by molar-refractivity contribution is 0.0957. The second-order valence-electron chi connectivity index (χ2n) is 6.18. The Morgan fingerprint density at radius 3 is 2.44 bits per heavy atom. The zero-order chi connectivity index (χ0) is 19.1. The van der Waals surface area contributed by atoms with Crippen molar-refractivity contribution in [3.63, 3.8) is 0 Å². The van der Waals surface area contributed by atoms with E-state index in [0.29, 0.717) is 29.3 Å². The highest BCUT2D eigenvalue weighted by atomic mass is 19.1. The number of carbonyl (C=O) groups excluding carboxylic acids is 1. The topological polar surface area (TPSA) is 65.4 Å². The quantitative estimate of drug-likeness (QED) is 0.602. The van der Waals surface area contributed by atoms with E-state index in [0.717, 1.165) is 22.4 Å². The summed E-state index contributed by atoms with van der Waals surface area (Å²) in [5, 5.41) is 7.14. The first-order valence-electron chi connectivity index (χ1n) is 8.42. The minimum Gasteiger partial charge on any atom is -0.493 e. The van der Waals surface area contributed by atoms with Gasteiger partial charge in [-0.3, -0.25) is 4.79 Å². The van der Waals surface area contributed by atoms with E-state index >= 15 is 0 Å². The Kier molecular flexibility index (Phi) is 4.07. The Labute approximate surface area is 155 Å². The Morgan fingerprint density at radius 2 is 1.81 bits per heavy atom. The summed E-state index contributed by atoms with van der Waals surface area (Å²) in [7, 11) is 4.73. The number of hydrogen-bond donors (Lipinski definition) is 1. The van der Waals surface area contributed by atoms with Gasteiger partial charge in [-0.1, -0.05) is 0 Å². The van der Waals surface area contributed by atoms with Gasteiger partial charge in [0.2, 0.25) is 0 Å². The summed E-state index contributed by atoms with van der Waals surface area (Å²) in [5.74, 6) is 0.626. The van der Waals surface area contributed by atoms with Crippen LogP contribution in [0.15, 0.2) is 36.4 Å². The van der Waals surface area contributed by atoms with Gasteiger partial charge in [0.05, 0.1) is 25.6 Å². The molecule has 2 aromatic carbocycles. The van der Waals surface area contributed by atoms with Crippen LogP contribution in [0.1, 0.15) is 21.6 Å². The van der Waals surface area contributed by atoms with Gasteiger partial charge in [-0.25, -0.2) is 9.07 Å². The number of carbonyl (C=O) groups is 1. The maximum atomic E-state index is 13.4. The van der Waals surface area contributed by atoms with E-state index in [-0.39, 0.29) is 11.7 Å². The number of nitrogens with zero attached hydrogens (tertiary/aromatic N) is 2. The molecule has 3 aromatic rings. The SMILES string of the molecule is CNC(=O)c1nn(-c2ccc(F)cc2)c2c1Cc1cc(OC)c(OC)cc1-2. The number of nitrogens with one attached hydrogen (secondary N) is 1. The highest BCUT2D eigenvalue weighted by Gasteiger charge is 2.32. The molecule has 4 rings (SSSR count). The van der Waals surface area contributed by atoms with Crippen LogP contribution in [-0.4, -0.2) is 37.0 Å². The smallest absolute Gasteiger partial charge is 0.271 e. The molecule has 0 spiro atoms. The molecule has 1 aromatic heterocycles. The van der Waals surface area contributed by atoms with Gasteiger partial charge in [0.25, 0.3) is 5.91 Å². The van der Waals surface area contributed by atoms with E-state index in [9.17, 15) is 9.18 Å². The zero-order valence-electron chi connectivity index (χ0n) is 15.2. The van der Waals surface area contributed by atoms with Gasteiger partial charge in [-0.15, -0.1) is 0 Å². The van der Waals surface area contributed by atoms with Crippen LogP contribution < -0.4 is 14.8 Å². The largest absolute Gasteiger partial charge is 0.493 e. The summed E-state index contributed by atoms with van der Waals surface area (Å²) in [4.78, 5) is 12.4. The fraction of sp³-hybridized carbons (Fsp3) is 0.200. The van der Waals surface area contributed by atoms with Gasteiger partial charge < -0.3 is 14.8 Å². The van der Waals surface area contributed by atoms with Crippen LogP contribution in [0.5, 0.6) is 11.5 Å². The summed E-state index contributed by atoms with van der Waals surface area (Å²) in [5.41, 5.74) is 4.58. The van der Waals surface area contributed by atoms with Gasteiger partial charge >= 0.3 is 0 Å². The van der Waals surface area contributed by atoms with Crippen molar-refractivity contribution in [1.82, 2.24) is 15.1 Å². The van der Waals surface area contributed by atoms with E-state index in [2.05, 4.69) is 10.4 Å². The molecule has 0 saturated carbocycles. The van der Waals surface area contributed by atoms with Gasteiger partial charge in [-0.2, -0.15) is 5.10 Å². The number of aromatic nitrogens is 2. The van der Waals surface area contributed by atoms with Crippen LogP contribution in [0, 0.1) is 5.82 Å². The average molecular weight is 367 g/mol. The lowest BCUT2D eigenvalue weighted by Crippen LogP contribution is -2.20. The average Bonchev–Trinajstić information content (AvgIpc) is 3.23. The van der Waals surface area contributed by atoms with Gasteiger partial charge in [0, 0.05) is 24.6 Å². The predicted molar refractivity (Wildman–Crippen MR) is 98.3 cm³/mol. The molecule has 1 N–H and O–H groups in total. The van der Waals surface area contributed by atoms with Crippen molar-refractivity contribution in [3.05, 3.63) is 59.0 Å². The second kappa shape index (κ2) is 6.42. The number of methoxy groups -OCH3 is 2. The molecule has 0 radical (unpaired) electrons. The van der Waals surface area contributed by atoms with Crippen molar-refractivity contribution in [1.29, 1.82) is 0 Å². The summed E-state index contributed by atoms with van der Waals surface area (Å²) in [6, 6.07) is 9.80. The van der Waals surface area contributed by atoms with Crippen LogP contribution in [0.2, 0.25) is 0 Å². The molecule has 0 bridgehead atoms. The molecule has 0 saturated heterocycles. The van der Waals surface area contributed by atoms with Crippen LogP contribution in [0.25, 0.3) is 16.9 Å². The molecular formula is C20H18FN3O3. The maximum absolute atomic E-state index is 13.4. The van der Waals surface area contributed by atoms with Crippen molar-refractivity contribution in [2.45, 2.75) is 6.42 Å². The highest BCUT2D eigenvalue weighted by molar-refractivity contribution is 5.97. The molecule has 1 amide bonds. The number of hydrogen-bond acceptors (Lipinski definition) is 4. The highest BCUT2D eigenvalue weighted by Crippen LogP contribution is 2.44. The first-order valence-corrected chi connectivity index (χ1v) is 8.42. The second-order valence-corrected chi connectivity index (χ2v) is 6.18. The summed E-state index contributed by atoms with van der Waals surface area (Å²) >= 11 is 0. The Bertz CT molecular complexity index is 1040. The van der Waals surface area contributed by atoms with Gasteiger partial charge in [-0.05, 0) is 42.0 Å². The predicted octanol–water partition coefficient (Wildman–Crippen LogP) is 2.96. The van der Waals surface area contributed by atoms with Crippen molar-refractivity contribution >= 4 is 5.91 Å². The van der Waals surface area contributed by atoms with Crippen molar-refractivity contribution in [3.8, 4) is 28.4 Å². The molecule has 1 heterocycles. The third kappa shape index (κ3) is 2.63. The first kappa shape index (κ1) is 17.1. The fourth-order valence-electron chi connectivity index (χ4n) is 3.44. The van der Waals surface area contributed by atoms with E-state index in [1.165, 1.54) is 12.1 Å². The van der Waals surface area contributed by atoms with Crippen LogP contribution in [0.3, 0.4) is 0 Å². The Morgan fingerprint density at radius 1 is 1.15 bits per heavy atom. The van der Waals surface area contributed by atoms with Crippen molar-refractivity contribution in [2.24, 2.45) is 0 Å². The van der Waals surface area contributed by atoms with Crippen LogP contribution in [0.4, 0.5) is 4.39 Å². The normalized spacial score (nSPS) is 11.7. The lowest BCUT2D eigenvalue weighted by Gasteiger charge is -2.12. The number of halogens is 1. The van der Waals surface area contributed by atoms with Gasteiger partial charge in [0.15, 0.2) is 17.2 Å². The molecule has 0 fully saturated rings. The molecule has 7 heteroatoms. The van der Waals surface area contributed by atoms with Gasteiger partial charge in [0.1, 0.15) is 5.82 Å². The Hall–Kier alpha value is -3.35. The minimum absolute atomic E-state index is 0.265. The monoisotopic (exact) mass is 367 g/mol. The van der Waals surface area contributed by atoms with E-state index in [1.807, 2.05) is 12.1 Å². The molecule has 1 aliphatic carbocycles. The number of fused-ring (bicyclic) bond motifs is 3. The Balaban J connectivity index is 1.97. The minimum atomic E-state index is -0.333. The molecule has 0 atom stereocenters. The van der Waals surface area contributed by atoms with E-state index < -0.39 is 0 Å². The number of amides is 1. The molecule has 27 heavy (non-hydrogen) atoms. The fourth-order valence-corrected chi connectivity index (χ4v) is 3.44. The molecular weight excluding hydrogens is 349 g/mol. The number of benzene rings is 2. The number of ether oxygens (including phenoxy) is 2. The third-order valence-electron chi connectivity index (χ3n) is 4.73. The van der Waals surface area contributed by atoms with Crippen molar-refractivity contribution in [2.75, 3.05) is 21.3 Å². The van der Waals surface area contributed by atoms with Crippen molar-refractivity contribution < 1.29 is 18.7 Å². The summed E-state index contributed by atoms with van der Waals surface area (Å²) < 4.78 is 25.9. The first-order chi connectivity index (χ1) is 13.1.